The predicted molar refractivity (Wildman–Crippen MR) is 108 cm³/mol. The Balaban J connectivity index is 1.63. The Bertz CT molecular complexity index is 1050. The third-order valence-corrected chi connectivity index (χ3v) is 4.43. The molecule has 0 saturated heterocycles. The molecule has 3 aromatic heterocycles. The topological polar surface area (TPSA) is 58.3 Å². The van der Waals surface area contributed by atoms with Crippen molar-refractivity contribution in [1.29, 1.82) is 0 Å². The molecule has 0 aliphatic rings. The number of likely N-dealkylation sites (N-methyl/N-ethyl adjacent to an activating group) is 1. The highest BCUT2D eigenvalue weighted by atomic mass is 15.1. The van der Waals surface area contributed by atoms with Gasteiger partial charge < -0.3 is 10.2 Å². The number of benzene rings is 1. The first kappa shape index (κ1) is 17.2. The summed E-state index contributed by atoms with van der Waals surface area (Å²) in [6.07, 6.45) is 6.56. The SMILES string of the molecule is CN(C)CCc1ccccc1Nc1nccc(-c2cnc3ccccn23)n1. The van der Waals surface area contributed by atoms with Crippen LogP contribution in [-0.4, -0.2) is 44.9 Å². The molecule has 0 fully saturated rings. The average Bonchev–Trinajstić information content (AvgIpc) is 3.12. The Kier molecular flexibility index (Phi) is 4.80. The molecule has 6 heteroatoms. The molecular formula is C21H22N6. The number of rotatable bonds is 6. The van der Waals surface area contributed by atoms with Gasteiger partial charge in [-0.2, -0.15) is 0 Å². The number of aromatic nitrogens is 4. The normalized spacial score (nSPS) is 11.2. The maximum Gasteiger partial charge on any atom is 0.227 e. The van der Waals surface area contributed by atoms with Crippen molar-refractivity contribution in [2.24, 2.45) is 0 Å². The first-order chi connectivity index (χ1) is 13.2. The Morgan fingerprint density at radius 2 is 1.85 bits per heavy atom. The van der Waals surface area contributed by atoms with Crippen LogP contribution in [0, 0.1) is 0 Å². The lowest BCUT2D eigenvalue weighted by Crippen LogP contribution is -2.15. The van der Waals surface area contributed by atoms with E-state index >= 15 is 0 Å². The third-order valence-electron chi connectivity index (χ3n) is 4.43. The van der Waals surface area contributed by atoms with Gasteiger partial charge in [-0.1, -0.05) is 24.3 Å². The van der Waals surface area contributed by atoms with Gasteiger partial charge in [0.1, 0.15) is 5.65 Å². The van der Waals surface area contributed by atoms with Gasteiger partial charge in [0, 0.05) is 24.6 Å². The first-order valence-electron chi connectivity index (χ1n) is 8.96. The van der Waals surface area contributed by atoms with E-state index in [9.17, 15) is 0 Å². The second kappa shape index (κ2) is 7.55. The standard InChI is InChI=1S/C21H22N6/c1-26(2)14-11-16-7-3-4-8-17(16)24-21-22-12-10-18(25-21)19-15-23-20-9-5-6-13-27(19)20/h3-10,12-13,15H,11,14H2,1-2H3,(H,22,24,25). The van der Waals surface area contributed by atoms with Crippen LogP contribution in [0.25, 0.3) is 17.0 Å². The molecule has 4 rings (SSSR count). The minimum Gasteiger partial charge on any atom is -0.324 e. The molecule has 3 heterocycles. The first-order valence-corrected chi connectivity index (χ1v) is 8.96. The van der Waals surface area contributed by atoms with Gasteiger partial charge in [-0.25, -0.2) is 15.0 Å². The van der Waals surface area contributed by atoms with E-state index in [1.165, 1.54) is 5.56 Å². The van der Waals surface area contributed by atoms with Crippen LogP contribution in [0.1, 0.15) is 5.56 Å². The number of imidazole rings is 1. The van der Waals surface area contributed by atoms with Crippen LogP contribution in [0.3, 0.4) is 0 Å². The van der Waals surface area contributed by atoms with Gasteiger partial charge in [-0.05, 0) is 50.3 Å². The van der Waals surface area contributed by atoms with E-state index in [2.05, 4.69) is 52.5 Å². The van der Waals surface area contributed by atoms with Crippen LogP contribution in [0.4, 0.5) is 11.6 Å². The number of nitrogens with zero attached hydrogens (tertiary/aromatic N) is 5. The van der Waals surface area contributed by atoms with Crippen molar-refractivity contribution in [3.63, 3.8) is 0 Å². The zero-order valence-electron chi connectivity index (χ0n) is 15.5. The zero-order chi connectivity index (χ0) is 18.6. The van der Waals surface area contributed by atoms with Crippen LogP contribution in [-0.2, 0) is 6.42 Å². The van der Waals surface area contributed by atoms with Crippen molar-refractivity contribution < 1.29 is 0 Å². The summed E-state index contributed by atoms with van der Waals surface area (Å²) in [6.45, 7) is 0.988. The molecule has 1 N–H and O–H groups in total. The fourth-order valence-electron chi connectivity index (χ4n) is 3.01. The molecule has 0 unspecified atom stereocenters. The van der Waals surface area contributed by atoms with E-state index in [-0.39, 0.29) is 0 Å². The van der Waals surface area contributed by atoms with E-state index in [1.54, 1.807) is 6.20 Å². The minimum atomic E-state index is 0.579. The fraction of sp³-hybridized carbons (Fsp3) is 0.190. The molecule has 27 heavy (non-hydrogen) atoms. The number of hydrogen-bond donors (Lipinski definition) is 1. The molecule has 1 aromatic carbocycles. The second-order valence-corrected chi connectivity index (χ2v) is 6.67. The number of nitrogens with one attached hydrogen (secondary N) is 1. The second-order valence-electron chi connectivity index (χ2n) is 6.67. The van der Waals surface area contributed by atoms with Crippen molar-refractivity contribution in [2.75, 3.05) is 26.0 Å². The van der Waals surface area contributed by atoms with Gasteiger partial charge in [0.05, 0.1) is 17.6 Å². The summed E-state index contributed by atoms with van der Waals surface area (Å²) in [7, 11) is 4.16. The molecule has 0 spiro atoms. The highest BCUT2D eigenvalue weighted by Crippen LogP contribution is 2.22. The van der Waals surface area contributed by atoms with Gasteiger partial charge >= 0.3 is 0 Å². The van der Waals surface area contributed by atoms with E-state index in [4.69, 9.17) is 4.98 Å². The van der Waals surface area contributed by atoms with Crippen molar-refractivity contribution >= 4 is 17.3 Å². The number of para-hydroxylation sites is 1. The highest BCUT2D eigenvalue weighted by molar-refractivity contribution is 5.63. The molecule has 6 nitrogen and oxygen atoms in total. The van der Waals surface area contributed by atoms with E-state index in [0.717, 1.165) is 35.7 Å². The number of fused-ring (bicyclic) bond motifs is 1. The molecule has 4 aromatic rings. The fourth-order valence-corrected chi connectivity index (χ4v) is 3.01. The molecular weight excluding hydrogens is 336 g/mol. The summed E-state index contributed by atoms with van der Waals surface area (Å²) >= 11 is 0. The maximum atomic E-state index is 4.70. The van der Waals surface area contributed by atoms with E-state index < -0.39 is 0 Å². The number of pyridine rings is 1. The monoisotopic (exact) mass is 358 g/mol. The van der Waals surface area contributed by atoms with Crippen LogP contribution in [0.15, 0.2) is 67.1 Å². The quantitative estimate of drug-likeness (QED) is 0.570. The lowest BCUT2D eigenvalue weighted by atomic mass is 10.1. The van der Waals surface area contributed by atoms with Crippen molar-refractivity contribution in [2.45, 2.75) is 6.42 Å². The molecule has 0 amide bonds. The summed E-state index contributed by atoms with van der Waals surface area (Å²) in [6, 6.07) is 16.1. The molecule has 136 valence electrons. The minimum absolute atomic E-state index is 0.579. The summed E-state index contributed by atoms with van der Waals surface area (Å²) in [5.41, 5.74) is 4.95. The van der Waals surface area contributed by atoms with Crippen LogP contribution >= 0.6 is 0 Å². The van der Waals surface area contributed by atoms with Crippen LogP contribution in [0.5, 0.6) is 0 Å². The molecule has 0 aliphatic carbocycles. The van der Waals surface area contributed by atoms with Gasteiger partial charge in [0.15, 0.2) is 0 Å². The lowest BCUT2D eigenvalue weighted by Gasteiger charge is -2.14. The Hall–Kier alpha value is -3.25. The number of anilines is 2. The summed E-state index contributed by atoms with van der Waals surface area (Å²) in [4.78, 5) is 15.7. The molecule has 0 radical (unpaired) electrons. The third kappa shape index (κ3) is 3.80. The zero-order valence-corrected chi connectivity index (χ0v) is 15.5. The van der Waals surface area contributed by atoms with Crippen molar-refractivity contribution in [1.82, 2.24) is 24.3 Å². The molecule has 0 saturated carbocycles. The molecule has 0 bridgehead atoms. The molecule has 0 atom stereocenters. The Labute approximate surface area is 158 Å². The number of hydrogen-bond acceptors (Lipinski definition) is 5. The van der Waals surface area contributed by atoms with Gasteiger partial charge in [-0.3, -0.25) is 4.40 Å². The highest BCUT2D eigenvalue weighted by Gasteiger charge is 2.09. The largest absolute Gasteiger partial charge is 0.324 e. The predicted octanol–water partition coefficient (Wildman–Crippen LogP) is 3.64. The van der Waals surface area contributed by atoms with Gasteiger partial charge in [0.2, 0.25) is 5.95 Å². The summed E-state index contributed by atoms with van der Waals surface area (Å²) in [5.74, 6) is 0.579. The molecule has 0 aliphatic heterocycles. The lowest BCUT2D eigenvalue weighted by molar-refractivity contribution is 0.414. The van der Waals surface area contributed by atoms with Crippen LogP contribution in [0.2, 0.25) is 0 Å². The van der Waals surface area contributed by atoms with E-state index in [0.29, 0.717) is 5.95 Å². The summed E-state index contributed by atoms with van der Waals surface area (Å²) in [5, 5.41) is 3.38. The van der Waals surface area contributed by atoms with Crippen molar-refractivity contribution in [3.8, 4) is 11.4 Å². The van der Waals surface area contributed by atoms with Crippen LogP contribution < -0.4 is 5.32 Å². The summed E-state index contributed by atoms with van der Waals surface area (Å²) < 4.78 is 2.02. The average molecular weight is 358 g/mol. The van der Waals surface area contributed by atoms with Gasteiger partial charge in [0.25, 0.3) is 0 Å². The smallest absolute Gasteiger partial charge is 0.227 e. The van der Waals surface area contributed by atoms with Crippen molar-refractivity contribution in [3.05, 3.63) is 72.7 Å². The Morgan fingerprint density at radius 1 is 1.00 bits per heavy atom. The Morgan fingerprint density at radius 3 is 2.74 bits per heavy atom. The van der Waals surface area contributed by atoms with E-state index in [1.807, 2.05) is 47.1 Å². The van der Waals surface area contributed by atoms with Gasteiger partial charge in [-0.15, -0.1) is 0 Å². The maximum absolute atomic E-state index is 4.70.